The molecule has 21 heavy (non-hydrogen) atoms. The molecule has 0 aliphatic rings. The molecule has 0 saturated carbocycles. The molecule has 0 bridgehead atoms. The second-order valence-electron chi connectivity index (χ2n) is 5.10. The number of alkyl halides is 1. The minimum absolute atomic E-state index is 0.00761. The Bertz CT molecular complexity index is 426. The highest BCUT2D eigenvalue weighted by Gasteiger charge is 2.26. The van der Waals surface area contributed by atoms with Gasteiger partial charge in [-0.15, -0.1) is 11.6 Å². The maximum absolute atomic E-state index is 12.3. The number of halogens is 1. The summed E-state index contributed by atoms with van der Waals surface area (Å²) in [6, 6.07) is 6.23. The summed E-state index contributed by atoms with van der Waals surface area (Å²) in [4.78, 5) is 13.0. The van der Waals surface area contributed by atoms with E-state index in [9.17, 15) is 4.79 Å². The van der Waals surface area contributed by atoms with Crippen molar-refractivity contribution in [1.82, 2.24) is 0 Å². The van der Waals surface area contributed by atoms with Crippen molar-refractivity contribution in [3.05, 3.63) is 29.3 Å². The van der Waals surface area contributed by atoms with E-state index in [-0.39, 0.29) is 11.8 Å². The lowest BCUT2D eigenvalue weighted by atomic mass is 10.0. The molecular formula is C17H27ClNO2+. The molecule has 1 unspecified atom stereocenters. The van der Waals surface area contributed by atoms with Gasteiger partial charge in [-0.2, -0.15) is 0 Å². The molecule has 0 heterocycles. The van der Waals surface area contributed by atoms with Gasteiger partial charge in [-0.1, -0.05) is 45.4 Å². The van der Waals surface area contributed by atoms with Gasteiger partial charge in [0.05, 0.1) is 6.61 Å². The zero-order valence-corrected chi connectivity index (χ0v) is 14.1. The molecule has 1 aromatic rings. The Morgan fingerprint density at radius 2 is 1.81 bits per heavy atom. The fourth-order valence-electron chi connectivity index (χ4n) is 2.42. The first-order chi connectivity index (χ1) is 10.2. The van der Waals surface area contributed by atoms with Gasteiger partial charge in [0.2, 0.25) is 0 Å². The molecule has 3 nitrogen and oxygen atoms in total. The zero-order chi connectivity index (χ0) is 15.7. The predicted octanol–water partition coefficient (Wildman–Crippen LogP) is 2.87. The van der Waals surface area contributed by atoms with Crippen molar-refractivity contribution in [2.45, 2.75) is 46.5 Å². The lowest BCUT2D eigenvalue weighted by Gasteiger charge is -2.21. The van der Waals surface area contributed by atoms with Crippen LogP contribution in [0.2, 0.25) is 0 Å². The van der Waals surface area contributed by atoms with Gasteiger partial charge in [-0.05, 0) is 19.3 Å². The van der Waals surface area contributed by atoms with Crippen molar-refractivity contribution >= 4 is 23.2 Å². The van der Waals surface area contributed by atoms with Crippen molar-refractivity contribution in [2.75, 3.05) is 19.2 Å². The van der Waals surface area contributed by atoms with Gasteiger partial charge in [-0.3, -0.25) is 0 Å². The lowest BCUT2D eigenvalue weighted by Crippen LogP contribution is -3.11. The molecule has 0 aromatic heterocycles. The summed E-state index contributed by atoms with van der Waals surface area (Å²) in [5.74, 6) is -0.0167. The van der Waals surface area contributed by atoms with E-state index in [0.29, 0.717) is 13.3 Å². The number of aryl methyl sites for hydroxylation is 2. The van der Waals surface area contributed by atoms with Gasteiger partial charge >= 0.3 is 5.91 Å². The van der Waals surface area contributed by atoms with E-state index < -0.39 is 0 Å². The standard InChI is InChI=1S/C17H26ClNO2/c1-4-7-11-21-13-19(16(20)12-18)17-14(5-2)9-8-10-15(17)6-3/h8-10H,4-7,11-13H2,1-3H3/p+1. The zero-order valence-electron chi connectivity index (χ0n) is 13.4. The Labute approximate surface area is 133 Å². The summed E-state index contributed by atoms with van der Waals surface area (Å²) in [5, 5.41) is 0. The van der Waals surface area contributed by atoms with Gasteiger partial charge in [0, 0.05) is 11.1 Å². The minimum atomic E-state index is -0.0243. The van der Waals surface area contributed by atoms with Crippen LogP contribution in [-0.2, 0) is 22.4 Å². The quantitative estimate of drug-likeness (QED) is 0.432. The average molecular weight is 313 g/mol. The van der Waals surface area contributed by atoms with E-state index in [4.69, 9.17) is 16.3 Å². The third-order valence-corrected chi connectivity index (χ3v) is 3.89. The van der Waals surface area contributed by atoms with Crippen molar-refractivity contribution in [1.29, 1.82) is 0 Å². The van der Waals surface area contributed by atoms with Crippen LogP contribution in [-0.4, -0.2) is 25.1 Å². The molecule has 1 aromatic carbocycles. The largest absolute Gasteiger partial charge is 0.333 e. The highest BCUT2D eigenvalue weighted by molar-refractivity contribution is 6.26. The normalized spacial score (nSPS) is 12.4. The van der Waals surface area contributed by atoms with Crippen LogP contribution in [0.25, 0.3) is 0 Å². The van der Waals surface area contributed by atoms with Crippen molar-refractivity contribution < 1.29 is 14.4 Å². The molecular weight excluding hydrogens is 286 g/mol. The van der Waals surface area contributed by atoms with Crippen LogP contribution in [0.3, 0.4) is 0 Å². The Hall–Kier alpha value is -0.900. The van der Waals surface area contributed by atoms with Crippen LogP contribution in [0.1, 0.15) is 44.7 Å². The molecule has 1 N–H and O–H groups in total. The van der Waals surface area contributed by atoms with E-state index in [0.717, 1.165) is 36.3 Å². The summed E-state index contributed by atoms with van der Waals surface area (Å²) in [7, 11) is 0. The first-order valence-corrected chi connectivity index (χ1v) is 8.36. The number of benzene rings is 1. The molecule has 4 heteroatoms. The number of unbranched alkanes of at least 4 members (excludes halogenated alkanes) is 1. The number of ether oxygens (including phenoxy) is 1. The van der Waals surface area contributed by atoms with E-state index in [1.54, 1.807) is 0 Å². The van der Waals surface area contributed by atoms with Gasteiger partial charge < -0.3 is 4.74 Å². The maximum Gasteiger partial charge on any atom is 0.333 e. The molecule has 0 aliphatic heterocycles. The predicted molar refractivity (Wildman–Crippen MR) is 87.3 cm³/mol. The molecule has 0 saturated heterocycles. The van der Waals surface area contributed by atoms with Crippen LogP contribution >= 0.6 is 11.6 Å². The number of hydrogen-bond acceptors (Lipinski definition) is 2. The number of carbonyl (C=O) groups excluding carboxylic acids is 1. The number of hydrogen-bond donors (Lipinski definition) is 1. The summed E-state index contributed by atoms with van der Waals surface area (Å²) in [5.41, 5.74) is 3.45. The van der Waals surface area contributed by atoms with Crippen molar-refractivity contribution in [3.8, 4) is 0 Å². The molecule has 1 amide bonds. The third-order valence-electron chi connectivity index (χ3n) is 3.65. The summed E-state index contributed by atoms with van der Waals surface area (Å²) in [6.45, 7) is 7.39. The third kappa shape index (κ3) is 5.10. The molecule has 1 rings (SSSR count). The number of rotatable bonds is 9. The van der Waals surface area contributed by atoms with Crippen molar-refractivity contribution in [3.63, 3.8) is 0 Å². The Morgan fingerprint density at radius 1 is 1.19 bits per heavy atom. The summed E-state index contributed by atoms with van der Waals surface area (Å²) >= 11 is 5.80. The highest BCUT2D eigenvalue weighted by atomic mass is 35.5. The smallest absolute Gasteiger partial charge is 0.331 e. The SMILES string of the molecule is CCCCOC[NH+](C(=O)CCl)c1c(CC)cccc1CC. The second kappa shape index (κ2) is 9.93. The number of amides is 1. The molecule has 0 spiro atoms. The molecule has 0 radical (unpaired) electrons. The lowest BCUT2D eigenvalue weighted by molar-refractivity contribution is -0.775. The van der Waals surface area contributed by atoms with Crippen LogP contribution < -0.4 is 4.90 Å². The highest BCUT2D eigenvalue weighted by Crippen LogP contribution is 2.18. The van der Waals surface area contributed by atoms with Crippen LogP contribution in [0.15, 0.2) is 18.2 Å². The minimum Gasteiger partial charge on any atom is -0.331 e. The van der Waals surface area contributed by atoms with Gasteiger partial charge in [0.25, 0.3) is 0 Å². The average Bonchev–Trinajstić information content (AvgIpc) is 2.53. The van der Waals surface area contributed by atoms with Gasteiger partial charge in [-0.25, -0.2) is 9.69 Å². The van der Waals surface area contributed by atoms with Gasteiger partial charge in [0.1, 0.15) is 11.6 Å². The first kappa shape index (κ1) is 18.1. The number of para-hydroxylation sites is 1. The monoisotopic (exact) mass is 312 g/mol. The molecule has 118 valence electrons. The Balaban J connectivity index is 3.04. The fourth-order valence-corrected chi connectivity index (χ4v) is 2.58. The van der Waals surface area contributed by atoms with Crippen LogP contribution in [0.4, 0.5) is 5.69 Å². The van der Waals surface area contributed by atoms with E-state index in [1.807, 2.05) is 0 Å². The van der Waals surface area contributed by atoms with E-state index in [2.05, 4.69) is 39.0 Å². The fraction of sp³-hybridized carbons (Fsp3) is 0.588. The Kier molecular flexibility index (Phi) is 8.58. The van der Waals surface area contributed by atoms with Crippen molar-refractivity contribution in [2.24, 2.45) is 0 Å². The van der Waals surface area contributed by atoms with Crippen LogP contribution in [0.5, 0.6) is 0 Å². The molecule has 0 aliphatic carbocycles. The molecule has 0 fully saturated rings. The second-order valence-corrected chi connectivity index (χ2v) is 5.37. The topological polar surface area (TPSA) is 30.7 Å². The maximum atomic E-state index is 12.3. The Morgan fingerprint density at radius 3 is 2.29 bits per heavy atom. The number of nitrogens with one attached hydrogen (secondary N) is 1. The number of quaternary nitrogens is 1. The molecule has 1 atom stereocenters. The van der Waals surface area contributed by atoms with Crippen LogP contribution in [0, 0.1) is 0 Å². The summed E-state index contributed by atoms with van der Waals surface area (Å²) in [6.07, 6.45) is 3.90. The van der Waals surface area contributed by atoms with E-state index in [1.165, 1.54) is 11.1 Å². The number of carbonyl (C=O) groups is 1. The summed E-state index contributed by atoms with van der Waals surface area (Å²) < 4.78 is 5.70. The van der Waals surface area contributed by atoms with E-state index >= 15 is 0 Å². The van der Waals surface area contributed by atoms with Gasteiger partial charge in [0.15, 0.2) is 6.73 Å². The first-order valence-electron chi connectivity index (χ1n) is 7.83.